The molecule has 0 radical (unpaired) electrons. The fourth-order valence-electron chi connectivity index (χ4n) is 1.25. The van der Waals surface area contributed by atoms with Crippen LogP contribution in [0.3, 0.4) is 0 Å². The van der Waals surface area contributed by atoms with Crippen LogP contribution in [0.25, 0.3) is 0 Å². The van der Waals surface area contributed by atoms with Crippen LogP contribution in [0.15, 0.2) is 12.7 Å². The normalized spacial score (nSPS) is 27.8. The first-order valence-electron chi connectivity index (χ1n) is 4.10. The van der Waals surface area contributed by atoms with Gasteiger partial charge >= 0.3 is 5.97 Å². The van der Waals surface area contributed by atoms with Crippen LogP contribution in [0.2, 0.25) is 0 Å². The van der Waals surface area contributed by atoms with Crippen molar-refractivity contribution < 1.29 is 9.53 Å². The van der Waals surface area contributed by atoms with Crippen molar-refractivity contribution in [3.05, 3.63) is 12.7 Å². The summed E-state index contributed by atoms with van der Waals surface area (Å²) in [4.78, 5) is 11.1. The van der Waals surface area contributed by atoms with E-state index in [9.17, 15) is 4.79 Å². The van der Waals surface area contributed by atoms with E-state index in [-0.39, 0.29) is 17.6 Å². The van der Waals surface area contributed by atoms with Gasteiger partial charge in [-0.15, -0.1) is 6.58 Å². The minimum Gasteiger partial charge on any atom is -0.463 e. The van der Waals surface area contributed by atoms with Gasteiger partial charge in [-0.2, -0.15) is 0 Å². The molecule has 1 saturated heterocycles. The number of carbonyl (C=O) groups is 1. The summed E-state index contributed by atoms with van der Waals surface area (Å²) in [6.07, 6.45) is 2.35. The Kier molecular flexibility index (Phi) is 2.52. The van der Waals surface area contributed by atoms with E-state index < -0.39 is 0 Å². The predicted octanol–water partition coefficient (Wildman–Crippen LogP) is 0.856. The quantitative estimate of drug-likeness (QED) is 0.492. The Morgan fingerprint density at radius 1 is 1.83 bits per heavy atom. The smallest absolute Gasteiger partial charge is 0.323 e. The second-order valence-corrected chi connectivity index (χ2v) is 3.71. The lowest BCUT2D eigenvalue weighted by atomic mass is 10.0. The van der Waals surface area contributed by atoms with Crippen molar-refractivity contribution in [2.24, 2.45) is 0 Å². The van der Waals surface area contributed by atoms with Gasteiger partial charge in [0.15, 0.2) is 0 Å². The maximum atomic E-state index is 11.1. The first-order valence-corrected chi connectivity index (χ1v) is 4.10. The molecule has 0 aromatic heterocycles. The van der Waals surface area contributed by atoms with Gasteiger partial charge in [0.05, 0.1) is 0 Å². The fourth-order valence-corrected chi connectivity index (χ4v) is 1.25. The Hall–Kier alpha value is -0.830. The highest BCUT2D eigenvalue weighted by molar-refractivity contribution is 5.77. The van der Waals surface area contributed by atoms with Crippen LogP contribution in [0.5, 0.6) is 0 Å². The van der Waals surface area contributed by atoms with E-state index in [0.29, 0.717) is 13.0 Å². The number of rotatable bonds is 2. The molecule has 1 rings (SSSR count). The van der Waals surface area contributed by atoms with Crippen LogP contribution in [0.4, 0.5) is 0 Å². The van der Waals surface area contributed by atoms with E-state index in [1.54, 1.807) is 6.08 Å². The molecule has 3 heteroatoms. The third-order valence-electron chi connectivity index (χ3n) is 1.83. The molecule has 0 aliphatic carbocycles. The number of hydrogen-bond donors (Lipinski definition) is 1. The van der Waals surface area contributed by atoms with Gasteiger partial charge in [-0.25, -0.2) is 0 Å². The molecule has 3 nitrogen and oxygen atoms in total. The molecule has 1 aliphatic heterocycles. The van der Waals surface area contributed by atoms with E-state index in [1.807, 2.05) is 13.8 Å². The van der Waals surface area contributed by atoms with E-state index >= 15 is 0 Å². The van der Waals surface area contributed by atoms with Gasteiger partial charge < -0.3 is 4.74 Å². The Bertz CT molecular complexity index is 199. The highest BCUT2D eigenvalue weighted by Gasteiger charge is 2.33. The topological polar surface area (TPSA) is 38.3 Å². The molecule has 0 saturated carbocycles. The Morgan fingerprint density at radius 2 is 2.50 bits per heavy atom. The standard InChI is InChI=1S/C9H15NO2/c1-4-5-7-8(11)12-6-9(2,3)10-7/h4,7,10H,1,5-6H2,2-3H3. The fraction of sp³-hybridized carbons (Fsp3) is 0.667. The molecule has 1 aliphatic rings. The van der Waals surface area contributed by atoms with Crippen molar-refractivity contribution in [2.45, 2.75) is 31.8 Å². The van der Waals surface area contributed by atoms with Gasteiger partial charge in [0.1, 0.15) is 12.6 Å². The summed E-state index contributed by atoms with van der Waals surface area (Å²) in [5, 5.41) is 3.20. The van der Waals surface area contributed by atoms with Crippen molar-refractivity contribution in [1.29, 1.82) is 0 Å². The summed E-state index contributed by atoms with van der Waals surface area (Å²) in [7, 11) is 0. The van der Waals surface area contributed by atoms with Crippen molar-refractivity contribution >= 4 is 5.97 Å². The van der Waals surface area contributed by atoms with Gasteiger partial charge in [-0.1, -0.05) is 6.08 Å². The molecular formula is C9H15NO2. The third-order valence-corrected chi connectivity index (χ3v) is 1.83. The largest absolute Gasteiger partial charge is 0.463 e. The summed E-state index contributed by atoms with van der Waals surface area (Å²) in [5.41, 5.74) is -0.110. The van der Waals surface area contributed by atoms with Crippen LogP contribution < -0.4 is 5.32 Å². The molecule has 0 aromatic rings. The lowest BCUT2D eigenvalue weighted by molar-refractivity contribution is -0.154. The first-order chi connectivity index (χ1) is 5.55. The van der Waals surface area contributed by atoms with Gasteiger partial charge in [-0.3, -0.25) is 10.1 Å². The molecule has 1 fully saturated rings. The lowest BCUT2D eigenvalue weighted by Crippen LogP contribution is -2.57. The van der Waals surface area contributed by atoms with Crippen LogP contribution in [-0.4, -0.2) is 24.2 Å². The van der Waals surface area contributed by atoms with Gasteiger partial charge in [0.2, 0.25) is 0 Å². The third kappa shape index (κ3) is 2.08. The van der Waals surface area contributed by atoms with E-state index in [4.69, 9.17) is 4.74 Å². The highest BCUT2D eigenvalue weighted by Crippen LogP contribution is 2.13. The zero-order chi connectivity index (χ0) is 9.19. The predicted molar refractivity (Wildman–Crippen MR) is 46.8 cm³/mol. The zero-order valence-electron chi connectivity index (χ0n) is 7.59. The molecule has 1 heterocycles. The number of nitrogens with one attached hydrogen (secondary N) is 1. The van der Waals surface area contributed by atoms with Gasteiger partial charge in [0, 0.05) is 5.54 Å². The number of hydrogen-bond acceptors (Lipinski definition) is 3. The van der Waals surface area contributed by atoms with Crippen LogP contribution in [-0.2, 0) is 9.53 Å². The summed E-state index contributed by atoms with van der Waals surface area (Å²) >= 11 is 0. The minimum atomic E-state index is -0.216. The average Bonchev–Trinajstić information content (AvgIpc) is 1.97. The average molecular weight is 169 g/mol. The minimum absolute atomic E-state index is 0.110. The summed E-state index contributed by atoms with van der Waals surface area (Å²) in [6.45, 7) is 8.05. The van der Waals surface area contributed by atoms with E-state index in [0.717, 1.165) is 0 Å². The van der Waals surface area contributed by atoms with Gasteiger partial charge in [-0.05, 0) is 20.3 Å². The second kappa shape index (κ2) is 3.27. The van der Waals surface area contributed by atoms with Gasteiger partial charge in [0.25, 0.3) is 0 Å². The Morgan fingerprint density at radius 3 is 3.08 bits per heavy atom. The van der Waals surface area contributed by atoms with Crippen LogP contribution in [0.1, 0.15) is 20.3 Å². The van der Waals surface area contributed by atoms with Crippen molar-refractivity contribution in [3.8, 4) is 0 Å². The van der Waals surface area contributed by atoms with Crippen LogP contribution >= 0.6 is 0 Å². The first kappa shape index (κ1) is 9.26. The molecular weight excluding hydrogens is 154 g/mol. The van der Waals surface area contributed by atoms with Crippen LogP contribution in [0, 0.1) is 0 Å². The number of ether oxygens (including phenoxy) is 1. The molecule has 0 spiro atoms. The molecule has 0 aromatic carbocycles. The number of carbonyl (C=O) groups excluding carboxylic acids is 1. The number of esters is 1. The summed E-state index contributed by atoms with van der Waals surface area (Å²) < 4.78 is 5.01. The summed E-state index contributed by atoms with van der Waals surface area (Å²) in [5.74, 6) is -0.172. The van der Waals surface area contributed by atoms with E-state index in [2.05, 4.69) is 11.9 Å². The molecule has 0 bridgehead atoms. The molecule has 1 atom stereocenters. The SMILES string of the molecule is C=CCC1NC(C)(C)COC1=O. The maximum absolute atomic E-state index is 11.1. The highest BCUT2D eigenvalue weighted by atomic mass is 16.5. The molecule has 1 N–H and O–H groups in total. The second-order valence-electron chi connectivity index (χ2n) is 3.71. The molecule has 0 amide bonds. The number of cyclic esters (lactones) is 1. The number of morpholine rings is 1. The maximum Gasteiger partial charge on any atom is 0.323 e. The molecule has 12 heavy (non-hydrogen) atoms. The zero-order valence-corrected chi connectivity index (χ0v) is 7.59. The molecule has 1 unspecified atom stereocenters. The Labute approximate surface area is 72.8 Å². The lowest BCUT2D eigenvalue weighted by Gasteiger charge is -2.35. The van der Waals surface area contributed by atoms with Crippen molar-refractivity contribution in [2.75, 3.05) is 6.61 Å². The molecule has 68 valence electrons. The summed E-state index contributed by atoms with van der Waals surface area (Å²) in [6, 6.07) is -0.216. The van der Waals surface area contributed by atoms with Crippen molar-refractivity contribution in [1.82, 2.24) is 5.32 Å². The Balaban J connectivity index is 2.59. The van der Waals surface area contributed by atoms with Crippen molar-refractivity contribution in [3.63, 3.8) is 0 Å². The van der Waals surface area contributed by atoms with E-state index in [1.165, 1.54) is 0 Å². The monoisotopic (exact) mass is 169 g/mol.